The number of aliphatic carboxylic acids is 1. The molecule has 1 saturated carbocycles. The first-order valence-corrected chi connectivity index (χ1v) is 3.59. The Kier molecular flexibility index (Phi) is 2.27. The van der Waals surface area contributed by atoms with E-state index in [4.69, 9.17) is 10.4 Å². The molecule has 0 unspecified atom stereocenters. The maximum absolute atomic E-state index is 10.3. The zero-order valence-corrected chi connectivity index (χ0v) is 6.08. The minimum Gasteiger partial charge on any atom is -0.477 e. The van der Waals surface area contributed by atoms with E-state index < -0.39 is 5.97 Å². The average Bonchev–Trinajstić information content (AvgIpc) is 1.85. The van der Waals surface area contributed by atoms with Crippen LogP contribution in [0, 0.1) is 17.2 Å². The zero-order valence-electron chi connectivity index (χ0n) is 6.08. The predicted octanol–water partition coefficient (Wildman–Crippen LogP) is 1.32. The molecule has 1 N–H and O–H groups in total. The number of nitriles is 1. The molecule has 0 heterocycles. The molecule has 3 nitrogen and oxygen atoms in total. The molecule has 0 aliphatic heterocycles. The lowest BCUT2D eigenvalue weighted by atomic mass is 9.84. The third-order valence-electron chi connectivity index (χ3n) is 1.90. The van der Waals surface area contributed by atoms with Crippen LogP contribution in [-0.2, 0) is 4.79 Å². The maximum atomic E-state index is 10.3. The Hall–Kier alpha value is -1.30. The van der Waals surface area contributed by atoms with Crippen LogP contribution in [0.1, 0.15) is 19.3 Å². The summed E-state index contributed by atoms with van der Waals surface area (Å²) in [6, 6.07) is 1.66. The van der Waals surface area contributed by atoms with E-state index in [2.05, 4.69) is 0 Å². The lowest BCUT2D eigenvalue weighted by molar-refractivity contribution is -0.132. The normalized spacial score (nSPS) is 18.6. The summed E-state index contributed by atoms with van der Waals surface area (Å²) in [7, 11) is 0. The van der Waals surface area contributed by atoms with E-state index in [1.807, 2.05) is 0 Å². The fraction of sp³-hybridized carbons (Fsp3) is 0.500. The lowest BCUT2D eigenvalue weighted by Crippen LogP contribution is -2.10. The van der Waals surface area contributed by atoms with Crippen molar-refractivity contribution in [2.75, 3.05) is 0 Å². The Morgan fingerprint density at radius 2 is 2.27 bits per heavy atom. The summed E-state index contributed by atoms with van der Waals surface area (Å²) in [6.07, 6.45) is 4.77. The number of nitrogens with zero attached hydrogens (tertiary/aromatic N) is 1. The Labute approximate surface area is 64.9 Å². The summed E-state index contributed by atoms with van der Waals surface area (Å²) >= 11 is 0. The Morgan fingerprint density at radius 1 is 1.64 bits per heavy atom. The number of hydrogen-bond acceptors (Lipinski definition) is 2. The molecule has 1 rings (SSSR count). The van der Waals surface area contributed by atoms with Gasteiger partial charge < -0.3 is 5.11 Å². The summed E-state index contributed by atoms with van der Waals surface area (Å²) in [5.74, 6) is -0.778. The van der Waals surface area contributed by atoms with Gasteiger partial charge in [-0.2, -0.15) is 5.26 Å². The smallest absolute Gasteiger partial charge is 0.346 e. The largest absolute Gasteiger partial charge is 0.477 e. The lowest BCUT2D eigenvalue weighted by Gasteiger charge is -2.21. The highest BCUT2D eigenvalue weighted by atomic mass is 16.4. The first kappa shape index (κ1) is 7.80. The maximum Gasteiger partial charge on any atom is 0.346 e. The van der Waals surface area contributed by atoms with E-state index in [-0.39, 0.29) is 5.57 Å². The van der Waals surface area contributed by atoms with Crippen molar-refractivity contribution in [1.29, 1.82) is 5.26 Å². The van der Waals surface area contributed by atoms with Crippen LogP contribution >= 0.6 is 0 Å². The van der Waals surface area contributed by atoms with E-state index in [0.29, 0.717) is 5.92 Å². The molecule has 0 atom stereocenters. The fourth-order valence-corrected chi connectivity index (χ4v) is 0.999. The van der Waals surface area contributed by atoms with Gasteiger partial charge in [0.25, 0.3) is 0 Å². The van der Waals surface area contributed by atoms with E-state index in [9.17, 15) is 4.79 Å². The molecule has 0 radical (unpaired) electrons. The number of carboxylic acids is 1. The van der Waals surface area contributed by atoms with Crippen molar-refractivity contribution < 1.29 is 9.90 Å². The number of carboxylic acid groups (broad SMARTS) is 1. The van der Waals surface area contributed by atoms with Crippen LogP contribution in [0.25, 0.3) is 0 Å². The Bertz CT molecular complexity index is 233. The monoisotopic (exact) mass is 151 g/mol. The second kappa shape index (κ2) is 3.20. The van der Waals surface area contributed by atoms with Crippen molar-refractivity contribution in [2.24, 2.45) is 5.92 Å². The summed E-state index contributed by atoms with van der Waals surface area (Å²) in [4.78, 5) is 10.3. The Balaban J connectivity index is 2.60. The molecule has 1 aliphatic rings. The predicted molar refractivity (Wildman–Crippen MR) is 38.7 cm³/mol. The van der Waals surface area contributed by atoms with Crippen molar-refractivity contribution in [3.05, 3.63) is 11.6 Å². The molecule has 0 aromatic rings. The molecule has 11 heavy (non-hydrogen) atoms. The third kappa shape index (κ3) is 1.81. The molecule has 0 bridgehead atoms. The molecule has 0 spiro atoms. The van der Waals surface area contributed by atoms with Gasteiger partial charge in [0.1, 0.15) is 11.6 Å². The van der Waals surface area contributed by atoms with E-state index in [1.54, 1.807) is 12.1 Å². The van der Waals surface area contributed by atoms with Gasteiger partial charge in [0, 0.05) is 0 Å². The van der Waals surface area contributed by atoms with E-state index in [0.717, 1.165) is 19.3 Å². The van der Waals surface area contributed by atoms with Crippen molar-refractivity contribution in [2.45, 2.75) is 19.3 Å². The molecular formula is C8H9NO2. The van der Waals surface area contributed by atoms with Gasteiger partial charge in [-0.3, -0.25) is 0 Å². The minimum atomic E-state index is -1.11. The topological polar surface area (TPSA) is 61.1 Å². The quantitative estimate of drug-likeness (QED) is 0.478. The van der Waals surface area contributed by atoms with Crippen LogP contribution < -0.4 is 0 Å². The van der Waals surface area contributed by atoms with Crippen LogP contribution in [-0.4, -0.2) is 11.1 Å². The van der Waals surface area contributed by atoms with Crippen LogP contribution in [0.4, 0.5) is 0 Å². The van der Waals surface area contributed by atoms with Crippen LogP contribution in [0.15, 0.2) is 11.6 Å². The highest BCUT2D eigenvalue weighted by Crippen LogP contribution is 2.28. The van der Waals surface area contributed by atoms with E-state index in [1.165, 1.54) is 0 Å². The first-order chi connectivity index (χ1) is 5.24. The first-order valence-electron chi connectivity index (χ1n) is 3.59. The van der Waals surface area contributed by atoms with Crippen molar-refractivity contribution >= 4 is 5.97 Å². The highest BCUT2D eigenvalue weighted by Gasteiger charge is 2.17. The number of rotatable bonds is 2. The Morgan fingerprint density at radius 3 is 2.55 bits per heavy atom. The second-order valence-corrected chi connectivity index (χ2v) is 2.69. The summed E-state index contributed by atoms with van der Waals surface area (Å²) in [5.41, 5.74) is -0.116. The third-order valence-corrected chi connectivity index (χ3v) is 1.90. The fourth-order valence-electron chi connectivity index (χ4n) is 0.999. The van der Waals surface area contributed by atoms with Gasteiger partial charge in [-0.1, -0.05) is 12.5 Å². The molecule has 3 heteroatoms. The standard InChI is InChI=1S/C8H9NO2/c9-5-7(8(10)11)4-6-2-1-3-6/h4,6H,1-3H2,(H,10,11). The van der Waals surface area contributed by atoms with Gasteiger partial charge >= 0.3 is 5.97 Å². The molecular weight excluding hydrogens is 142 g/mol. The molecule has 0 aromatic heterocycles. The van der Waals surface area contributed by atoms with Gasteiger partial charge in [0.15, 0.2) is 0 Å². The molecule has 0 saturated heterocycles. The van der Waals surface area contributed by atoms with Crippen LogP contribution in [0.5, 0.6) is 0 Å². The van der Waals surface area contributed by atoms with Crippen LogP contribution in [0.2, 0.25) is 0 Å². The van der Waals surface area contributed by atoms with Crippen molar-refractivity contribution in [3.8, 4) is 6.07 Å². The van der Waals surface area contributed by atoms with Gasteiger partial charge in [-0.25, -0.2) is 4.79 Å². The summed E-state index contributed by atoms with van der Waals surface area (Å²) < 4.78 is 0. The molecule has 0 amide bonds. The summed E-state index contributed by atoms with van der Waals surface area (Å²) in [5, 5.41) is 16.8. The summed E-state index contributed by atoms with van der Waals surface area (Å²) in [6.45, 7) is 0. The molecule has 1 aliphatic carbocycles. The second-order valence-electron chi connectivity index (χ2n) is 2.69. The number of carbonyl (C=O) groups is 1. The number of allylic oxidation sites excluding steroid dienone is 1. The minimum absolute atomic E-state index is 0.116. The van der Waals surface area contributed by atoms with Crippen molar-refractivity contribution in [1.82, 2.24) is 0 Å². The number of hydrogen-bond donors (Lipinski definition) is 1. The zero-order chi connectivity index (χ0) is 8.27. The molecule has 0 aromatic carbocycles. The van der Waals surface area contributed by atoms with Gasteiger partial charge in [-0.15, -0.1) is 0 Å². The SMILES string of the molecule is N#CC(=CC1CCC1)C(=O)O. The van der Waals surface area contributed by atoms with Gasteiger partial charge in [0.05, 0.1) is 0 Å². The van der Waals surface area contributed by atoms with Crippen LogP contribution in [0.3, 0.4) is 0 Å². The van der Waals surface area contributed by atoms with Crippen molar-refractivity contribution in [3.63, 3.8) is 0 Å². The van der Waals surface area contributed by atoms with Gasteiger partial charge in [-0.05, 0) is 18.8 Å². The van der Waals surface area contributed by atoms with Gasteiger partial charge in [0.2, 0.25) is 0 Å². The average molecular weight is 151 g/mol. The van der Waals surface area contributed by atoms with E-state index >= 15 is 0 Å². The highest BCUT2D eigenvalue weighted by molar-refractivity contribution is 5.91. The molecule has 1 fully saturated rings. The molecule has 58 valence electrons.